The van der Waals surface area contributed by atoms with Crippen LogP contribution in [0.3, 0.4) is 0 Å². The molecule has 20 heavy (non-hydrogen) atoms. The quantitative estimate of drug-likeness (QED) is 0.762. The zero-order chi connectivity index (χ0) is 14.9. The Morgan fingerprint density at radius 1 is 1.40 bits per heavy atom. The van der Waals surface area contributed by atoms with Crippen LogP contribution in [0.25, 0.3) is 0 Å². The van der Waals surface area contributed by atoms with Gasteiger partial charge in [-0.3, -0.25) is 9.59 Å². The van der Waals surface area contributed by atoms with Gasteiger partial charge in [-0.25, -0.2) is 0 Å². The van der Waals surface area contributed by atoms with Crippen LogP contribution < -0.4 is 0 Å². The summed E-state index contributed by atoms with van der Waals surface area (Å²) in [6.07, 6.45) is 0. The van der Waals surface area contributed by atoms with E-state index in [0.717, 1.165) is 0 Å². The van der Waals surface area contributed by atoms with E-state index >= 15 is 0 Å². The summed E-state index contributed by atoms with van der Waals surface area (Å²) in [5.74, 6) is -0.526. The molecule has 1 aromatic rings. The number of carbonyl (C=O) groups excluding carboxylic acids is 2. The number of halogens is 2. The number of benzene rings is 1. The maximum Gasteiger partial charge on any atom is 0.310 e. The average molecular weight is 361 g/mol. The lowest BCUT2D eigenvalue weighted by Crippen LogP contribution is -2.30. The summed E-state index contributed by atoms with van der Waals surface area (Å²) in [7, 11) is 1.37. The highest BCUT2D eigenvalue weighted by Crippen LogP contribution is 2.28. The highest BCUT2D eigenvalue weighted by atomic mass is 79.9. The van der Waals surface area contributed by atoms with E-state index in [1.54, 1.807) is 23.1 Å². The minimum absolute atomic E-state index is 0.0949. The molecule has 0 N–H and O–H groups in total. The first-order valence-corrected chi connectivity index (χ1v) is 7.43. The van der Waals surface area contributed by atoms with Crippen LogP contribution in [0.4, 0.5) is 0 Å². The number of carbonyl (C=O) groups is 2. The molecule has 1 heterocycles. The Morgan fingerprint density at radius 3 is 2.70 bits per heavy atom. The van der Waals surface area contributed by atoms with Crippen molar-refractivity contribution < 1.29 is 14.3 Å². The number of amides is 1. The van der Waals surface area contributed by atoms with Gasteiger partial charge in [0.15, 0.2) is 0 Å². The monoisotopic (exact) mass is 359 g/mol. The van der Waals surface area contributed by atoms with Gasteiger partial charge < -0.3 is 9.64 Å². The van der Waals surface area contributed by atoms with Gasteiger partial charge in [0.2, 0.25) is 0 Å². The molecule has 0 radical (unpaired) electrons. The first-order valence-electron chi connectivity index (χ1n) is 6.26. The van der Waals surface area contributed by atoms with Crippen LogP contribution in [0.2, 0.25) is 5.02 Å². The van der Waals surface area contributed by atoms with Crippen molar-refractivity contribution in [2.24, 2.45) is 11.8 Å². The minimum Gasteiger partial charge on any atom is -0.469 e. The molecule has 2 unspecified atom stereocenters. The Kier molecular flexibility index (Phi) is 4.70. The van der Waals surface area contributed by atoms with Crippen molar-refractivity contribution in [3.63, 3.8) is 0 Å². The number of methoxy groups -OCH3 is 1. The fraction of sp³-hybridized carbons (Fsp3) is 0.429. The smallest absolute Gasteiger partial charge is 0.310 e. The molecule has 1 amide bonds. The fourth-order valence-corrected chi connectivity index (χ4v) is 3.28. The Hall–Kier alpha value is -1.07. The lowest BCUT2D eigenvalue weighted by atomic mass is 9.99. The number of esters is 1. The van der Waals surface area contributed by atoms with Crippen LogP contribution in [0.1, 0.15) is 17.3 Å². The summed E-state index contributed by atoms with van der Waals surface area (Å²) >= 11 is 9.22. The molecule has 0 spiro atoms. The molecule has 4 nitrogen and oxygen atoms in total. The van der Waals surface area contributed by atoms with Crippen LogP contribution in [0.15, 0.2) is 22.7 Å². The van der Waals surface area contributed by atoms with Crippen LogP contribution >= 0.6 is 27.5 Å². The second-order valence-corrected chi connectivity index (χ2v) is 6.23. The molecule has 1 fully saturated rings. The molecule has 0 bridgehead atoms. The summed E-state index contributed by atoms with van der Waals surface area (Å²) in [6, 6.07) is 5.05. The van der Waals surface area contributed by atoms with Crippen LogP contribution in [-0.4, -0.2) is 37.0 Å². The summed E-state index contributed by atoms with van der Waals surface area (Å²) in [5, 5.41) is 0.565. The zero-order valence-electron chi connectivity index (χ0n) is 11.2. The third kappa shape index (κ3) is 2.99. The summed E-state index contributed by atoms with van der Waals surface area (Å²) in [5.41, 5.74) is 0.548. The summed E-state index contributed by atoms with van der Waals surface area (Å²) in [6.45, 7) is 2.89. The summed E-state index contributed by atoms with van der Waals surface area (Å²) < 4.78 is 5.43. The molecular formula is C14H15BrClNO3. The van der Waals surface area contributed by atoms with Crippen molar-refractivity contribution in [3.8, 4) is 0 Å². The average Bonchev–Trinajstić information content (AvgIpc) is 2.79. The van der Waals surface area contributed by atoms with E-state index < -0.39 is 0 Å². The van der Waals surface area contributed by atoms with Gasteiger partial charge in [-0.1, -0.05) is 18.5 Å². The molecule has 0 saturated carbocycles. The molecule has 0 aliphatic carbocycles. The van der Waals surface area contributed by atoms with E-state index in [1.807, 2.05) is 6.92 Å². The van der Waals surface area contributed by atoms with Crippen molar-refractivity contribution in [1.29, 1.82) is 0 Å². The second kappa shape index (κ2) is 6.14. The van der Waals surface area contributed by atoms with Crippen LogP contribution in [0.5, 0.6) is 0 Å². The number of likely N-dealkylation sites (tertiary alicyclic amines) is 1. The van der Waals surface area contributed by atoms with Gasteiger partial charge in [-0.2, -0.15) is 0 Å². The third-order valence-corrected chi connectivity index (χ3v) is 4.46. The minimum atomic E-state index is -0.261. The lowest BCUT2D eigenvalue weighted by molar-refractivity contribution is -0.146. The Labute approximate surface area is 131 Å². The fourth-order valence-electron chi connectivity index (χ4n) is 2.42. The van der Waals surface area contributed by atoms with Gasteiger partial charge >= 0.3 is 5.97 Å². The Morgan fingerprint density at radius 2 is 2.10 bits per heavy atom. The molecule has 108 valence electrons. The molecule has 0 aromatic heterocycles. The summed E-state index contributed by atoms with van der Waals surface area (Å²) in [4.78, 5) is 25.8. The van der Waals surface area contributed by atoms with Crippen molar-refractivity contribution in [2.45, 2.75) is 6.92 Å². The zero-order valence-corrected chi connectivity index (χ0v) is 13.6. The number of hydrogen-bond acceptors (Lipinski definition) is 3. The van der Waals surface area contributed by atoms with E-state index in [-0.39, 0.29) is 23.7 Å². The predicted molar refractivity (Wildman–Crippen MR) is 79.7 cm³/mol. The Bertz CT molecular complexity index is 549. The van der Waals surface area contributed by atoms with E-state index in [2.05, 4.69) is 15.9 Å². The standard InChI is InChI=1S/C14H15BrClNO3/c1-8-6-17(7-11(8)14(19)20-2)13(18)10-4-3-9(16)5-12(10)15/h3-5,8,11H,6-7H2,1-2H3. The second-order valence-electron chi connectivity index (χ2n) is 4.94. The van der Waals surface area contributed by atoms with Gasteiger partial charge in [0.25, 0.3) is 5.91 Å². The maximum absolute atomic E-state index is 12.5. The van der Waals surface area contributed by atoms with Crippen LogP contribution in [0, 0.1) is 11.8 Å². The maximum atomic E-state index is 12.5. The van der Waals surface area contributed by atoms with Gasteiger partial charge in [0.1, 0.15) is 0 Å². The largest absolute Gasteiger partial charge is 0.469 e. The van der Waals surface area contributed by atoms with Gasteiger partial charge in [0, 0.05) is 22.6 Å². The molecule has 1 aliphatic rings. The van der Waals surface area contributed by atoms with E-state index in [1.165, 1.54) is 7.11 Å². The molecule has 1 aliphatic heterocycles. The molecule has 1 aromatic carbocycles. The Balaban J connectivity index is 2.17. The first-order chi connectivity index (χ1) is 9.43. The molecular weight excluding hydrogens is 346 g/mol. The molecule has 2 atom stereocenters. The molecule has 6 heteroatoms. The normalized spacial score (nSPS) is 21.9. The highest BCUT2D eigenvalue weighted by Gasteiger charge is 2.38. The van der Waals surface area contributed by atoms with Gasteiger partial charge in [-0.15, -0.1) is 0 Å². The predicted octanol–water partition coefficient (Wildman–Crippen LogP) is 2.98. The lowest BCUT2D eigenvalue weighted by Gasteiger charge is -2.17. The van der Waals surface area contributed by atoms with E-state index in [0.29, 0.717) is 28.1 Å². The number of hydrogen-bond donors (Lipinski definition) is 0. The highest BCUT2D eigenvalue weighted by molar-refractivity contribution is 9.10. The third-order valence-electron chi connectivity index (χ3n) is 3.57. The van der Waals surface area contributed by atoms with E-state index in [4.69, 9.17) is 16.3 Å². The SMILES string of the molecule is COC(=O)C1CN(C(=O)c2ccc(Cl)cc2Br)CC1C. The van der Waals surface area contributed by atoms with Crippen molar-refractivity contribution >= 4 is 39.4 Å². The number of nitrogens with zero attached hydrogens (tertiary/aromatic N) is 1. The molecule has 1 saturated heterocycles. The topological polar surface area (TPSA) is 46.6 Å². The van der Waals surface area contributed by atoms with Gasteiger partial charge in [0.05, 0.1) is 18.6 Å². The van der Waals surface area contributed by atoms with E-state index in [9.17, 15) is 9.59 Å². The number of rotatable bonds is 2. The molecule has 2 rings (SSSR count). The van der Waals surface area contributed by atoms with Crippen molar-refractivity contribution in [2.75, 3.05) is 20.2 Å². The van der Waals surface area contributed by atoms with Crippen LogP contribution in [-0.2, 0) is 9.53 Å². The van der Waals surface area contributed by atoms with Crippen molar-refractivity contribution in [3.05, 3.63) is 33.3 Å². The van der Waals surface area contributed by atoms with Crippen molar-refractivity contribution in [1.82, 2.24) is 4.90 Å². The number of ether oxygens (including phenoxy) is 1. The van der Waals surface area contributed by atoms with Gasteiger partial charge in [-0.05, 0) is 40.0 Å². The first kappa shape index (κ1) is 15.3.